The third-order valence-corrected chi connectivity index (χ3v) is 5.73. The molecule has 0 atom stereocenters. The molecule has 0 fully saturated rings. The zero-order valence-electron chi connectivity index (χ0n) is 17.6. The molecule has 30 heavy (non-hydrogen) atoms. The van der Waals surface area contributed by atoms with Gasteiger partial charge in [-0.1, -0.05) is 36.4 Å². The number of allylic oxidation sites excluding steroid dienone is 1. The van der Waals surface area contributed by atoms with E-state index in [1.54, 1.807) is 12.1 Å². The summed E-state index contributed by atoms with van der Waals surface area (Å²) in [5.41, 5.74) is 8.25. The van der Waals surface area contributed by atoms with Crippen LogP contribution in [0.4, 0.5) is 10.1 Å². The zero-order chi connectivity index (χ0) is 21.0. The first-order valence-electron chi connectivity index (χ1n) is 10.2. The average molecular weight is 397 g/mol. The molecule has 2 aliphatic rings. The summed E-state index contributed by atoms with van der Waals surface area (Å²) in [4.78, 5) is 0. The van der Waals surface area contributed by atoms with Crippen molar-refractivity contribution >= 4 is 23.1 Å². The number of hydrogen-bond acceptors (Lipinski definition) is 2. The molecule has 150 valence electrons. The molecule has 3 heteroatoms. The molecule has 0 aromatic heterocycles. The second-order valence-corrected chi connectivity index (χ2v) is 8.70. The Balaban J connectivity index is 1.86. The van der Waals surface area contributed by atoms with Crippen molar-refractivity contribution in [2.75, 3.05) is 5.32 Å². The molecule has 0 saturated heterocycles. The van der Waals surface area contributed by atoms with E-state index in [1.807, 2.05) is 18.2 Å². The molecule has 0 radical (unpaired) electrons. The van der Waals surface area contributed by atoms with Gasteiger partial charge < -0.3 is 10.1 Å². The van der Waals surface area contributed by atoms with E-state index in [9.17, 15) is 4.39 Å². The van der Waals surface area contributed by atoms with Gasteiger partial charge >= 0.3 is 0 Å². The number of anilines is 1. The molecule has 3 aromatic rings. The predicted molar refractivity (Wildman–Crippen MR) is 123 cm³/mol. The van der Waals surface area contributed by atoms with Crippen LogP contribution in [0, 0.1) is 12.7 Å². The van der Waals surface area contributed by atoms with Crippen molar-refractivity contribution in [1.82, 2.24) is 0 Å². The first kappa shape index (κ1) is 18.7. The van der Waals surface area contributed by atoms with Gasteiger partial charge in [-0.15, -0.1) is 0 Å². The number of halogens is 1. The summed E-state index contributed by atoms with van der Waals surface area (Å²) in [6, 6.07) is 17.1. The molecule has 5 rings (SSSR count). The number of nitrogens with one attached hydrogen (secondary N) is 1. The van der Waals surface area contributed by atoms with Crippen molar-refractivity contribution in [3.8, 4) is 16.9 Å². The Labute approximate surface area is 176 Å². The lowest BCUT2D eigenvalue weighted by Gasteiger charge is -2.36. The minimum absolute atomic E-state index is 0.138. The van der Waals surface area contributed by atoms with Crippen molar-refractivity contribution in [3.05, 3.63) is 88.7 Å². The van der Waals surface area contributed by atoms with Gasteiger partial charge in [0.15, 0.2) is 0 Å². The zero-order valence-corrected chi connectivity index (χ0v) is 17.6. The Morgan fingerprint density at radius 2 is 1.70 bits per heavy atom. The van der Waals surface area contributed by atoms with Crippen LogP contribution < -0.4 is 10.1 Å². The lowest BCUT2D eigenvalue weighted by Crippen LogP contribution is -2.32. The van der Waals surface area contributed by atoms with E-state index < -0.39 is 0 Å². The number of benzene rings is 3. The van der Waals surface area contributed by atoms with Gasteiger partial charge in [0.25, 0.3) is 0 Å². The van der Waals surface area contributed by atoms with E-state index in [-0.39, 0.29) is 11.4 Å². The van der Waals surface area contributed by atoms with Gasteiger partial charge in [0, 0.05) is 27.9 Å². The van der Waals surface area contributed by atoms with Gasteiger partial charge in [0.05, 0.1) is 5.54 Å². The Bertz CT molecular complexity index is 1240. The van der Waals surface area contributed by atoms with E-state index in [4.69, 9.17) is 4.74 Å². The van der Waals surface area contributed by atoms with E-state index in [0.29, 0.717) is 5.75 Å². The Morgan fingerprint density at radius 1 is 0.933 bits per heavy atom. The Kier molecular flexibility index (Phi) is 4.11. The third-order valence-electron chi connectivity index (χ3n) is 5.73. The van der Waals surface area contributed by atoms with Crippen LogP contribution in [0.1, 0.15) is 43.0 Å². The average Bonchev–Trinajstić information content (AvgIpc) is 2.67. The van der Waals surface area contributed by atoms with Crippen molar-refractivity contribution in [3.63, 3.8) is 0 Å². The van der Waals surface area contributed by atoms with Crippen LogP contribution in [0.15, 0.2) is 60.7 Å². The maximum atomic E-state index is 14.2. The minimum Gasteiger partial charge on any atom is -0.456 e. The summed E-state index contributed by atoms with van der Waals surface area (Å²) in [6.07, 6.45) is 4.31. The number of ether oxygens (including phenoxy) is 1. The van der Waals surface area contributed by atoms with Crippen LogP contribution in [-0.2, 0) is 0 Å². The molecule has 0 amide bonds. The number of fused-ring (bicyclic) bond motifs is 5. The summed E-state index contributed by atoms with van der Waals surface area (Å²) in [6.45, 7) is 8.55. The fourth-order valence-corrected chi connectivity index (χ4v) is 4.67. The summed E-state index contributed by atoms with van der Waals surface area (Å²) in [7, 11) is 0. The topological polar surface area (TPSA) is 21.3 Å². The smallest absolute Gasteiger partial charge is 0.136 e. The summed E-state index contributed by atoms with van der Waals surface area (Å²) < 4.78 is 20.6. The predicted octanol–water partition coefficient (Wildman–Crippen LogP) is 7.30. The largest absolute Gasteiger partial charge is 0.456 e. The molecular formula is C27H24FNO. The molecule has 0 spiro atoms. The van der Waals surface area contributed by atoms with Crippen molar-refractivity contribution in [2.45, 2.75) is 33.2 Å². The molecule has 0 aliphatic carbocycles. The van der Waals surface area contributed by atoms with Gasteiger partial charge in [0.2, 0.25) is 0 Å². The van der Waals surface area contributed by atoms with Crippen molar-refractivity contribution in [1.29, 1.82) is 0 Å². The number of aryl methyl sites for hydroxylation is 1. The second kappa shape index (κ2) is 6.60. The molecule has 2 nitrogen and oxygen atoms in total. The maximum absolute atomic E-state index is 14.2. The normalized spacial score (nSPS) is 17.2. The van der Waals surface area contributed by atoms with E-state index in [0.717, 1.165) is 44.8 Å². The summed E-state index contributed by atoms with van der Waals surface area (Å²) >= 11 is 0. The fourth-order valence-electron chi connectivity index (χ4n) is 4.67. The first-order chi connectivity index (χ1) is 14.3. The van der Waals surface area contributed by atoms with Crippen LogP contribution in [0.5, 0.6) is 5.75 Å². The summed E-state index contributed by atoms with van der Waals surface area (Å²) in [5.74, 6) is 1.20. The molecule has 2 aliphatic heterocycles. The minimum atomic E-state index is -0.262. The lowest BCUT2D eigenvalue weighted by atomic mass is 9.81. The van der Waals surface area contributed by atoms with Crippen LogP contribution in [0.3, 0.4) is 0 Å². The lowest BCUT2D eigenvalue weighted by molar-refractivity contribution is 0.511. The molecule has 2 heterocycles. The van der Waals surface area contributed by atoms with Crippen LogP contribution in [0.2, 0.25) is 0 Å². The summed E-state index contributed by atoms with van der Waals surface area (Å²) in [5, 5.41) is 3.64. The van der Waals surface area contributed by atoms with E-state index in [1.165, 1.54) is 11.6 Å². The van der Waals surface area contributed by atoms with Crippen LogP contribution in [0.25, 0.3) is 28.5 Å². The highest BCUT2D eigenvalue weighted by Crippen LogP contribution is 2.50. The standard InChI is InChI=1S/C27H24FNO/c1-16-12-21-25(17(2)15-27(3,4)29-21)26-23(13-18-8-6-5-7-9-18)30-22-11-10-19(28)14-20(22)24(16)26/h5-15,29H,1-4H3. The van der Waals surface area contributed by atoms with Crippen LogP contribution >= 0.6 is 0 Å². The van der Waals surface area contributed by atoms with Crippen molar-refractivity contribution in [2.24, 2.45) is 0 Å². The molecular weight excluding hydrogens is 373 g/mol. The van der Waals surface area contributed by atoms with Gasteiger partial charge in [-0.05, 0) is 74.7 Å². The number of rotatable bonds is 1. The molecule has 1 N–H and O–H groups in total. The van der Waals surface area contributed by atoms with Gasteiger partial charge in [-0.2, -0.15) is 0 Å². The van der Waals surface area contributed by atoms with Crippen LogP contribution in [-0.4, -0.2) is 5.54 Å². The first-order valence-corrected chi connectivity index (χ1v) is 10.2. The molecule has 0 bridgehead atoms. The highest BCUT2D eigenvalue weighted by molar-refractivity contribution is 6.01. The van der Waals surface area contributed by atoms with Gasteiger partial charge in [0.1, 0.15) is 17.3 Å². The molecule has 0 saturated carbocycles. The van der Waals surface area contributed by atoms with Crippen molar-refractivity contribution < 1.29 is 9.13 Å². The molecule has 3 aromatic carbocycles. The van der Waals surface area contributed by atoms with E-state index >= 15 is 0 Å². The quantitative estimate of drug-likeness (QED) is 0.465. The number of hydrogen-bond donors (Lipinski definition) is 1. The highest BCUT2D eigenvalue weighted by atomic mass is 19.1. The third kappa shape index (κ3) is 3.02. The Morgan fingerprint density at radius 3 is 2.47 bits per heavy atom. The monoisotopic (exact) mass is 397 g/mol. The molecule has 0 unspecified atom stereocenters. The Hall–Kier alpha value is -3.33. The maximum Gasteiger partial charge on any atom is 0.136 e. The second-order valence-electron chi connectivity index (χ2n) is 8.70. The fraction of sp³-hybridized carbons (Fsp3) is 0.185. The van der Waals surface area contributed by atoms with E-state index in [2.05, 4.69) is 63.4 Å². The SMILES string of the molecule is CC1=CC(C)(C)Nc2cc(C)c3c(c21)C(=Cc1ccccc1)Oc1ccc(F)cc1-3. The highest BCUT2D eigenvalue weighted by Gasteiger charge is 2.32. The van der Waals surface area contributed by atoms with Gasteiger partial charge in [-0.25, -0.2) is 4.39 Å². The van der Waals surface area contributed by atoms with Gasteiger partial charge in [-0.3, -0.25) is 0 Å².